The van der Waals surface area contributed by atoms with Crippen LogP contribution < -0.4 is 0 Å². The smallest absolute Gasteiger partial charge is 0.195 e. The lowest BCUT2D eigenvalue weighted by Gasteiger charge is -2.25. The summed E-state index contributed by atoms with van der Waals surface area (Å²) in [4.78, 5) is 0. The summed E-state index contributed by atoms with van der Waals surface area (Å²) >= 11 is 0. The highest BCUT2D eigenvalue weighted by Gasteiger charge is 2.34. The summed E-state index contributed by atoms with van der Waals surface area (Å²) in [6.45, 7) is 2.72. The zero-order chi connectivity index (χ0) is 10.1. The van der Waals surface area contributed by atoms with Crippen LogP contribution in [0.3, 0.4) is 0 Å². The van der Waals surface area contributed by atoms with Crippen LogP contribution >= 0.6 is 0 Å². The van der Waals surface area contributed by atoms with Crippen LogP contribution in [0.15, 0.2) is 0 Å². The van der Waals surface area contributed by atoms with Gasteiger partial charge in [-0.25, -0.2) is 0 Å². The van der Waals surface area contributed by atoms with Gasteiger partial charge in [0, 0.05) is 26.7 Å². The van der Waals surface area contributed by atoms with Gasteiger partial charge < -0.3 is 0 Å². The first kappa shape index (κ1) is 10.9. The first-order valence-corrected chi connectivity index (χ1v) is 6.09. The molecule has 0 bridgehead atoms. The maximum absolute atomic E-state index is 11.8. The highest BCUT2D eigenvalue weighted by Crippen LogP contribution is 2.23. The van der Waals surface area contributed by atoms with Crippen molar-refractivity contribution in [2.45, 2.75) is 32.2 Å². The van der Waals surface area contributed by atoms with Crippen LogP contribution in [0.25, 0.3) is 0 Å². The second-order valence-electron chi connectivity index (χ2n) is 3.61. The number of hydrogen-bond donors (Lipinski definition) is 0. The van der Waals surface area contributed by atoms with Gasteiger partial charge in [-0.2, -0.15) is 17.0 Å². The van der Waals surface area contributed by atoms with Crippen LogP contribution in [0.1, 0.15) is 26.2 Å². The molecule has 5 heteroatoms. The zero-order valence-corrected chi connectivity index (χ0v) is 9.34. The van der Waals surface area contributed by atoms with Crippen molar-refractivity contribution in [3.8, 4) is 0 Å². The minimum Gasteiger partial charge on any atom is -0.195 e. The molecule has 0 aliphatic carbocycles. The summed E-state index contributed by atoms with van der Waals surface area (Å²) in [6.07, 6.45) is 2.90. The Morgan fingerprint density at radius 1 is 1.46 bits per heavy atom. The minimum absolute atomic E-state index is 0.215. The fourth-order valence-electron chi connectivity index (χ4n) is 1.73. The average molecular weight is 206 g/mol. The lowest BCUT2D eigenvalue weighted by Crippen LogP contribution is -2.42. The molecule has 0 aromatic carbocycles. The molecule has 78 valence electrons. The van der Waals surface area contributed by atoms with E-state index in [0.29, 0.717) is 6.54 Å². The van der Waals surface area contributed by atoms with Gasteiger partial charge in [0.1, 0.15) is 0 Å². The highest BCUT2D eigenvalue weighted by molar-refractivity contribution is 7.86. The van der Waals surface area contributed by atoms with E-state index in [-0.39, 0.29) is 6.04 Å². The van der Waals surface area contributed by atoms with E-state index in [1.54, 1.807) is 18.4 Å². The summed E-state index contributed by atoms with van der Waals surface area (Å²) in [5.74, 6) is 0. The molecular weight excluding hydrogens is 188 g/mol. The van der Waals surface area contributed by atoms with Gasteiger partial charge in [-0.3, -0.25) is 0 Å². The Labute approximate surface area is 80.7 Å². The number of hydrogen-bond acceptors (Lipinski definition) is 2. The molecule has 0 saturated carbocycles. The SMILES string of the molecule is CCC1CCCN1S(=O)(=O)N(C)C. The molecule has 1 saturated heterocycles. The molecule has 0 amide bonds. The van der Waals surface area contributed by atoms with E-state index in [0.717, 1.165) is 19.3 Å². The first-order valence-electron chi connectivity index (χ1n) is 4.69. The van der Waals surface area contributed by atoms with Crippen LogP contribution in [-0.4, -0.2) is 43.7 Å². The summed E-state index contributed by atoms with van der Waals surface area (Å²) in [5.41, 5.74) is 0. The molecule has 0 N–H and O–H groups in total. The van der Waals surface area contributed by atoms with Crippen LogP contribution in [-0.2, 0) is 10.2 Å². The van der Waals surface area contributed by atoms with Gasteiger partial charge in [-0.05, 0) is 19.3 Å². The lowest BCUT2D eigenvalue weighted by molar-refractivity contribution is 0.350. The van der Waals surface area contributed by atoms with Gasteiger partial charge in [0.15, 0.2) is 0 Å². The average Bonchev–Trinajstić information content (AvgIpc) is 2.51. The Balaban J connectivity index is 2.82. The summed E-state index contributed by atoms with van der Waals surface area (Å²) in [6, 6.07) is 0.215. The van der Waals surface area contributed by atoms with Crippen molar-refractivity contribution in [2.75, 3.05) is 20.6 Å². The Bertz CT molecular complexity index is 261. The molecule has 1 fully saturated rings. The molecule has 4 nitrogen and oxygen atoms in total. The maximum Gasteiger partial charge on any atom is 0.281 e. The Morgan fingerprint density at radius 2 is 2.08 bits per heavy atom. The van der Waals surface area contributed by atoms with Gasteiger partial charge in [0.05, 0.1) is 0 Å². The topological polar surface area (TPSA) is 40.6 Å². The van der Waals surface area contributed by atoms with Gasteiger partial charge in [-0.15, -0.1) is 0 Å². The van der Waals surface area contributed by atoms with Crippen LogP contribution in [0.5, 0.6) is 0 Å². The highest BCUT2D eigenvalue weighted by atomic mass is 32.2. The number of rotatable bonds is 3. The fraction of sp³-hybridized carbons (Fsp3) is 1.00. The monoisotopic (exact) mass is 206 g/mol. The van der Waals surface area contributed by atoms with Gasteiger partial charge in [0.2, 0.25) is 0 Å². The molecular formula is C8H18N2O2S. The van der Waals surface area contributed by atoms with E-state index in [1.165, 1.54) is 4.31 Å². The third kappa shape index (κ3) is 2.03. The summed E-state index contributed by atoms with van der Waals surface area (Å²) < 4.78 is 26.4. The molecule has 0 aromatic heterocycles. The van der Waals surface area contributed by atoms with Crippen molar-refractivity contribution >= 4 is 10.2 Å². The van der Waals surface area contributed by atoms with Crippen LogP contribution in [0.4, 0.5) is 0 Å². The van der Waals surface area contributed by atoms with E-state index >= 15 is 0 Å². The molecule has 1 unspecified atom stereocenters. The minimum atomic E-state index is -3.17. The number of nitrogens with zero attached hydrogens (tertiary/aromatic N) is 2. The zero-order valence-electron chi connectivity index (χ0n) is 8.52. The standard InChI is InChI=1S/C8H18N2O2S/c1-4-8-6-5-7-10(8)13(11,12)9(2)3/h8H,4-7H2,1-3H3. The molecule has 1 rings (SSSR count). The molecule has 1 aliphatic rings. The third-order valence-corrected chi connectivity index (χ3v) is 4.55. The van der Waals surface area contributed by atoms with Gasteiger partial charge >= 0.3 is 0 Å². The van der Waals surface area contributed by atoms with Crippen molar-refractivity contribution in [1.82, 2.24) is 8.61 Å². The largest absolute Gasteiger partial charge is 0.281 e. The van der Waals surface area contributed by atoms with Crippen LogP contribution in [0, 0.1) is 0 Å². The molecule has 0 radical (unpaired) electrons. The summed E-state index contributed by atoms with van der Waals surface area (Å²) in [7, 11) is -0.00382. The van der Waals surface area contributed by atoms with Crippen molar-refractivity contribution < 1.29 is 8.42 Å². The lowest BCUT2D eigenvalue weighted by atomic mass is 10.2. The van der Waals surface area contributed by atoms with E-state index in [1.807, 2.05) is 6.92 Å². The van der Waals surface area contributed by atoms with Crippen molar-refractivity contribution in [1.29, 1.82) is 0 Å². The van der Waals surface area contributed by atoms with E-state index in [2.05, 4.69) is 0 Å². The normalized spacial score (nSPS) is 25.7. The molecule has 13 heavy (non-hydrogen) atoms. The van der Waals surface area contributed by atoms with Gasteiger partial charge in [-0.1, -0.05) is 6.92 Å². The predicted octanol–water partition coefficient (Wildman–Crippen LogP) is 0.667. The molecule has 0 spiro atoms. The second kappa shape index (κ2) is 3.94. The van der Waals surface area contributed by atoms with Crippen molar-refractivity contribution in [2.24, 2.45) is 0 Å². The van der Waals surface area contributed by atoms with E-state index < -0.39 is 10.2 Å². The predicted molar refractivity (Wildman–Crippen MR) is 52.6 cm³/mol. The van der Waals surface area contributed by atoms with Crippen LogP contribution in [0.2, 0.25) is 0 Å². The first-order chi connectivity index (χ1) is 6.00. The van der Waals surface area contributed by atoms with Gasteiger partial charge in [0.25, 0.3) is 10.2 Å². The molecule has 1 atom stereocenters. The quantitative estimate of drug-likeness (QED) is 0.681. The third-order valence-electron chi connectivity index (χ3n) is 2.55. The summed E-state index contributed by atoms with van der Waals surface area (Å²) in [5, 5.41) is 0. The van der Waals surface area contributed by atoms with Crippen molar-refractivity contribution in [3.05, 3.63) is 0 Å². The fourth-order valence-corrected chi connectivity index (χ4v) is 3.14. The molecule has 0 aromatic rings. The Hall–Kier alpha value is -0.130. The Morgan fingerprint density at radius 3 is 2.54 bits per heavy atom. The van der Waals surface area contributed by atoms with E-state index in [4.69, 9.17) is 0 Å². The second-order valence-corrected chi connectivity index (χ2v) is 5.70. The molecule has 1 aliphatic heterocycles. The Kier molecular flexibility index (Phi) is 3.32. The van der Waals surface area contributed by atoms with E-state index in [9.17, 15) is 8.42 Å². The van der Waals surface area contributed by atoms with Crippen molar-refractivity contribution in [3.63, 3.8) is 0 Å². The maximum atomic E-state index is 11.8. The molecule has 1 heterocycles.